The van der Waals surface area contributed by atoms with E-state index in [4.69, 9.17) is 4.74 Å². The van der Waals surface area contributed by atoms with E-state index in [1.165, 1.54) is 11.3 Å². The van der Waals surface area contributed by atoms with E-state index in [1.807, 2.05) is 19.2 Å². The quantitative estimate of drug-likeness (QED) is 0.803. The Morgan fingerprint density at radius 1 is 1.45 bits per heavy atom. The first-order valence-electron chi connectivity index (χ1n) is 6.77. The average molecular weight is 318 g/mol. The summed E-state index contributed by atoms with van der Waals surface area (Å²) in [6.45, 7) is 4.66. The molecular formula is C13H22N2O3S2. The van der Waals surface area contributed by atoms with E-state index >= 15 is 0 Å². The summed E-state index contributed by atoms with van der Waals surface area (Å²) in [5.74, 6) is 0. The highest BCUT2D eigenvalue weighted by Crippen LogP contribution is 2.27. The zero-order chi connectivity index (χ0) is 14.8. The summed E-state index contributed by atoms with van der Waals surface area (Å²) in [5, 5.41) is 5.08. The number of ether oxygens (including phenoxy) is 1. The molecule has 0 atom stereocenters. The van der Waals surface area contributed by atoms with Gasteiger partial charge < -0.3 is 10.1 Å². The Bertz CT molecular complexity index is 534. The summed E-state index contributed by atoms with van der Waals surface area (Å²) in [4.78, 5) is 1.25. The lowest BCUT2D eigenvalue weighted by molar-refractivity contribution is 0.0236. The first kappa shape index (κ1) is 15.9. The molecular weight excluding hydrogens is 296 g/mol. The first-order chi connectivity index (χ1) is 9.42. The molecule has 1 heterocycles. The molecule has 0 saturated heterocycles. The van der Waals surface area contributed by atoms with Gasteiger partial charge in [-0.05, 0) is 24.3 Å². The van der Waals surface area contributed by atoms with E-state index in [9.17, 15) is 8.42 Å². The molecule has 7 heteroatoms. The number of hydrogen-bond donors (Lipinski definition) is 2. The van der Waals surface area contributed by atoms with Crippen molar-refractivity contribution in [2.45, 2.75) is 56.3 Å². The van der Waals surface area contributed by atoms with Crippen molar-refractivity contribution in [1.29, 1.82) is 0 Å². The molecule has 0 unspecified atom stereocenters. The standard InChI is InChI=1S/C13H22N2O3S2/c1-9(2)14-8-12-13(4-5-19-12)20(16,17)15-10-6-11(7-10)18-3/h4-5,9-11,14-15H,6-8H2,1-3H3. The Kier molecular flexibility index (Phi) is 5.19. The summed E-state index contributed by atoms with van der Waals surface area (Å²) in [6, 6.07) is 2.00. The van der Waals surface area contributed by atoms with Gasteiger partial charge in [0.25, 0.3) is 0 Å². The van der Waals surface area contributed by atoms with Crippen molar-refractivity contribution < 1.29 is 13.2 Å². The van der Waals surface area contributed by atoms with Gasteiger partial charge in [-0.3, -0.25) is 0 Å². The Hall–Kier alpha value is -0.470. The van der Waals surface area contributed by atoms with E-state index < -0.39 is 10.0 Å². The molecule has 1 saturated carbocycles. The summed E-state index contributed by atoms with van der Waals surface area (Å²) < 4.78 is 32.7. The fourth-order valence-corrected chi connectivity index (χ4v) is 4.79. The lowest BCUT2D eigenvalue weighted by Gasteiger charge is -2.34. The minimum atomic E-state index is -3.42. The van der Waals surface area contributed by atoms with Gasteiger partial charge in [-0.1, -0.05) is 13.8 Å². The maximum absolute atomic E-state index is 12.4. The third kappa shape index (κ3) is 3.79. The van der Waals surface area contributed by atoms with Crippen molar-refractivity contribution >= 4 is 21.4 Å². The number of thiophene rings is 1. The molecule has 1 aromatic heterocycles. The van der Waals surface area contributed by atoms with Gasteiger partial charge >= 0.3 is 0 Å². The van der Waals surface area contributed by atoms with Gasteiger partial charge in [0.2, 0.25) is 10.0 Å². The van der Waals surface area contributed by atoms with Crippen LogP contribution >= 0.6 is 11.3 Å². The van der Waals surface area contributed by atoms with Crippen LogP contribution in [0.15, 0.2) is 16.3 Å². The van der Waals surface area contributed by atoms with Crippen LogP contribution in [-0.4, -0.2) is 33.7 Å². The molecule has 2 N–H and O–H groups in total. The third-order valence-corrected chi connectivity index (χ3v) is 6.07. The van der Waals surface area contributed by atoms with Crippen LogP contribution in [0.4, 0.5) is 0 Å². The summed E-state index contributed by atoms with van der Waals surface area (Å²) in [5.41, 5.74) is 0. The van der Waals surface area contributed by atoms with Gasteiger partial charge in [-0.15, -0.1) is 11.3 Å². The van der Waals surface area contributed by atoms with Crippen LogP contribution in [0.3, 0.4) is 0 Å². The Morgan fingerprint density at radius 3 is 2.75 bits per heavy atom. The molecule has 2 rings (SSSR count). The molecule has 0 amide bonds. The first-order valence-corrected chi connectivity index (χ1v) is 9.13. The van der Waals surface area contributed by atoms with Gasteiger partial charge in [-0.25, -0.2) is 13.1 Å². The molecule has 0 aliphatic heterocycles. The number of nitrogens with one attached hydrogen (secondary N) is 2. The van der Waals surface area contributed by atoms with Gasteiger partial charge in [0.15, 0.2) is 0 Å². The molecule has 5 nitrogen and oxygen atoms in total. The minimum Gasteiger partial charge on any atom is -0.381 e. The second-order valence-electron chi connectivity index (χ2n) is 5.39. The average Bonchev–Trinajstić information content (AvgIpc) is 2.79. The Morgan fingerprint density at radius 2 is 2.15 bits per heavy atom. The Balaban J connectivity index is 2.01. The van der Waals surface area contributed by atoms with Crippen molar-refractivity contribution in [1.82, 2.24) is 10.0 Å². The van der Waals surface area contributed by atoms with Crippen LogP contribution in [0.2, 0.25) is 0 Å². The molecule has 0 aromatic carbocycles. The smallest absolute Gasteiger partial charge is 0.241 e. The van der Waals surface area contributed by atoms with Crippen molar-refractivity contribution in [3.05, 3.63) is 16.3 Å². The van der Waals surface area contributed by atoms with Crippen LogP contribution in [0.1, 0.15) is 31.6 Å². The normalized spacial score (nSPS) is 23.0. The van der Waals surface area contributed by atoms with Crippen LogP contribution < -0.4 is 10.0 Å². The van der Waals surface area contributed by atoms with Gasteiger partial charge in [0.05, 0.1) is 11.0 Å². The molecule has 0 bridgehead atoms. The number of methoxy groups -OCH3 is 1. The number of rotatable bonds is 7. The maximum atomic E-state index is 12.4. The molecule has 20 heavy (non-hydrogen) atoms. The third-order valence-electron chi connectivity index (χ3n) is 3.41. The van der Waals surface area contributed by atoms with Crippen molar-refractivity contribution in [2.75, 3.05) is 7.11 Å². The highest BCUT2D eigenvalue weighted by atomic mass is 32.2. The molecule has 0 radical (unpaired) electrons. The zero-order valence-corrected chi connectivity index (χ0v) is 13.7. The monoisotopic (exact) mass is 318 g/mol. The van der Waals surface area contributed by atoms with Crippen LogP contribution in [0.5, 0.6) is 0 Å². The van der Waals surface area contributed by atoms with Crippen LogP contribution in [0, 0.1) is 0 Å². The fraction of sp³-hybridized carbons (Fsp3) is 0.692. The summed E-state index contributed by atoms with van der Waals surface area (Å²) in [7, 11) is -1.77. The lowest BCUT2D eigenvalue weighted by Crippen LogP contribution is -2.47. The van der Waals surface area contributed by atoms with Crippen molar-refractivity contribution in [3.8, 4) is 0 Å². The second-order valence-corrected chi connectivity index (χ2v) is 8.07. The fourth-order valence-electron chi connectivity index (χ4n) is 2.13. The van der Waals surface area contributed by atoms with E-state index in [2.05, 4.69) is 10.0 Å². The molecule has 114 valence electrons. The van der Waals surface area contributed by atoms with E-state index in [0.717, 1.165) is 17.7 Å². The van der Waals surface area contributed by atoms with Crippen molar-refractivity contribution in [2.24, 2.45) is 0 Å². The van der Waals surface area contributed by atoms with Crippen molar-refractivity contribution in [3.63, 3.8) is 0 Å². The highest BCUT2D eigenvalue weighted by Gasteiger charge is 2.33. The largest absolute Gasteiger partial charge is 0.381 e. The van der Waals surface area contributed by atoms with Gasteiger partial charge in [-0.2, -0.15) is 0 Å². The lowest BCUT2D eigenvalue weighted by atomic mass is 9.90. The predicted octanol–water partition coefficient (Wildman–Crippen LogP) is 1.70. The second kappa shape index (κ2) is 6.53. The molecule has 1 aliphatic rings. The molecule has 0 spiro atoms. The molecule has 1 fully saturated rings. The van der Waals surface area contributed by atoms with Crippen LogP contribution in [0.25, 0.3) is 0 Å². The number of hydrogen-bond acceptors (Lipinski definition) is 5. The van der Waals surface area contributed by atoms with E-state index in [1.54, 1.807) is 13.2 Å². The summed E-state index contributed by atoms with van der Waals surface area (Å²) >= 11 is 1.47. The van der Waals surface area contributed by atoms with Crippen LogP contribution in [-0.2, 0) is 21.3 Å². The van der Waals surface area contributed by atoms with Gasteiger partial charge in [0.1, 0.15) is 0 Å². The predicted molar refractivity (Wildman–Crippen MR) is 80.4 cm³/mol. The highest BCUT2D eigenvalue weighted by molar-refractivity contribution is 7.89. The minimum absolute atomic E-state index is 0.00393. The maximum Gasteiger partial charge on any atom is 0.241 e. The SMILES string of the molecule is COC1CC(NS(=O)(=O)c2ccsc2CNC(C)C)C1. The van der Waals surface area contributed by atoms with Gasteiger partial charge in [0, 0.05) is 30.6 Å². The summed E-state index contributed by atoms with van der Waals surface area (Å²) in [6.07, 6.45) is 1.69. The Labute approximate surface area is 124 Å². The molecule has 1 aliphatic carbocycles. The number of sulfonamides is 1. The zero-order valence-electron chi connectivity index (χ0n) is 12.0. The topological polar surface area (TPSA) is 67.4 Å². The molecule has 1 aromatic rings. The van der Waals surface area contributed by atoms with E-state index in [-0.39, 0.29) is 12.1 Å². The van der Waals surface area contributed by atoms with E-state index in [0.29, 0.717) is 17.5 Å².